The van der Waals surface area contributed by atoms with Crippen LogP contribution in [0, 0.1) is 0 Å². The Bertz CT molecular complexity index is 806. The van der Waals surface area contributed by atoms with E-state index in [1.54, 1.807) is 42.5 Å². The van der Waals surface area contributed by atoms with E-state index in [9.17, 15) is 9.59 Å². The fraction of sp³-hybridized carbons (Fsp3) is 0.167. The minimum atomic E-state index is -0.419. The lowest BCUT2D eigenvalue weighted by Crippen LogP contribution is -2.24. The average molecular weight is 421 g/mol. The van der Waals surface area contributed by atoms with Crippen LogP contribution in [0.1, 0.15) is 15.9 Å². The van der Waals surface area contributed by atoms with Crippen molar-refractivity contribution in [3.05, 3.63) is 58.1 Å². The highest BCUT2D eigenvalue weighted by molar-refractivity contribution is 9.10. The number of nitrogens with zero attached hydrogens (tertiary/aromatic N) is 1. The Hall–Kier alpha value is -2.87. The van der Waals surface area contributed by atoms with Crippen molar-refractivity contribution in [3.63, 3.8) is 0 Å². The molecule has 0 atom stereocenters. The first-order valence-electron chi connectivity index (χ1n) is 7.50. The Morgan fingerprint density at radius 2 is 1.85 bits per heavy atom. The van der Waals surface area contributed by atoms with Gasteiger partial charge in [-0.1, -0.05) is 28.1 Å². The number of carbonyl (C=O) groups is 2. The van der Waals surface area contributed by atoms with Gasteiger partial charge in [-0.3, -0.25) is 4.79 Å². The predicted molar refractivity (Wildman–Crippen MR) is 99.7 cm³/mol. The van der Waals surface area contributed by atoms with Crippen LogP contribution in [0.5, 0.6) is 11.5 Å². The van der Waals surface area contributed by atoms with Gasteiger partial charge in [0.15, 0.2) is 18.1 Å². The monoisotopic (exact) mass is 420 g/mol. The zero-order valence-corrected chi connectivity index (χ0v) is 15.8. The fourth-order valence-electron chi connectivity index (χ4n) is 1.94. The van der Waals surface area contributed by atoms with E-state index in [0.29, 0.717) is 22.6 Å². The molecule has 0 aliphatic carbocycles. The first-order valence-corrected chi connectivity index (χ1v) is 8.29. The van der Waals surface area contributed by atoms with Gasteiger partial charge in [-0.05, 0) is 35.9 Å². The van der Waals surface area contributed by atoms with Crippen molar-refractivity contribution in [1.29, 1.82) is 0 Å². The molecule has 0 radical (unpaired) electrons. The third kappa shape index (κ3) is 5.59. The summed E-state index contributed by atoms with van der Waals surface area (Å²) in [6, 6.07) is 11.8. The molecule has 7 nitrogen and oxygen atoms in total. The number of nitrogens with one attached hydrogen (secondary N) is 1. The Labute approximate surface area is 159 Å². The maximum atomic E-state index is 11.8. The van der Waals surface area contributed by atoms with E-state index in [1.165, 1.54) is 20.4 Å². The number of halogens is 1. The van der Waals surface area contributed by atoms with Gasteiger partial charge in [-0.2, -0.15) is 5.10 Å². The van der Waals surface area contributed by atoms with Gasteiger partial charge < -0.3 is 14.2 Å². The molecule has 0 aromatic heterocycles. The van der Waals surface area contributed by atoms with Gasteiger partial charge in [0.1, 0.15) is 0 Å². The third-order valence-electron chi connectivity index (χ3n) is 3.22. The molecule has 2 aromatic rings. The summed E-state index contributed by atoms with van der Waals surface area (Å²) in [6.45, 7) is -0.212. The molecule has 136 valence electrons. The van der Waals surface area contributed by atoms with Crippen molar-refractivity contribution in [2.75, 3.05) is 20.8 Å². The van der Waals surface area contributed by atoms with E-state index < -0.39 is 11.9 Å². The van der Waals surface area contributed by atoms with Crippen LogP contribution < -0.4 is 14.9 Å². The van der Waals surface area contributed by atoms with Crippen LogP contribution in [-0.2, 0) is 9.53 Å². The number of benzene rings is 2. The molecule has 1 N–H and O–H groups in total. The van der Waals surface area contributed by atoms with Crippen LogP contribution in [0.2, 0.25) is 0 Å². The standard InChI is InChI=1S/C18H17BrN2O5/c1-24-16-9-14(19)7-8-15(16)26-11-17(22)21-20-10-12-3-5-13(6-4-12)18(23)25-2/h3-10H,11H2,1-2H3,(H,21,22)/b20-10+. The summed E-state index contributed by atoms with van der Waals surface area (Å²) in [5.41, 5.74) is 3.51. The number of hydrogen-bond acceptors (Lipinski definition) is 6. The molecular formula is C18H17BrN2O5. The van der Waals surface area contributed by atoms with Crippen molar-refractivity contribution >= 4 is 34.0 Å². The number of esters is 1. The zero-order chi connectivity index (χ0) is 18.9. The first-order chi connectivity index (χ1) is 12.5. The van der Waals surface area contributed by atoms with Gasteiger partial charge in [-0.25, -0.2) is 10.2 Å². The van der Waals surface area contributed by atoms with Gasteiger partial charge in [0.2, 0.25) is 0 Å². The molecule has 0 fully saturated rings. The van der Waals surface area contributed by atoms with E-state index in [-0.39, 0.29) is 6.61 Å². The third-order valence-corrected chi connectivity index (χ3v) is 3.71. The number of hydrazone groups is 1. The van der Waals surface area contributed by atoms with Crippen LogP contribution in [0.25, 0.3) is 0 Å². The normalized spacial score (nSPS) is 10.4. The molecule has 0 aliphatic rings. The molecule has 2 aromatic carbocycles. The molecule has 1 amide bonds. The summed E-state index contributed by atoms with van der Waals surface area (Å²) < 4.78 is 16.1. The number of hydrogen-bond donors (Lipinski definition) is 1. The lowest BCUT2D eigenvalue weighted by atomic mass is 10.1. The Morgan fingerprint density at radius 1 is 1.12 bits per heavy atom. The molecule has 2 rings (SSSR count). The summed E-state index contributed by atoms with van der Waals surface area (Å²) in [5, 5.41) is 3.85. The summed E-state index contributed by atoms with van der Waals surface area (Å²) in [7, 11) is 2.84. The molecule has 0 aliphatic heterocycles. The Kier molecular flexibility index (Phi) is 7.16. The molecule has 0 spiro atoms. The maximum absolute atomic E-state index is 11.8. The lowest BCUT2D eigenvalue weighted by molar-refractivity contribution is -0.123. The number of amides is 1. The fourth-order valence-corrected chi connectivity index (χ4v) is 2.28. The highest BCUT2D eigenvalue weighted by Crippen LogP contribution is 2.29. The van der Waals surface area contributed by atoms with E-state index in [4.69, 9.17) is 9.47 Å². The highest BCUT2D eigenvalue weighted by atomic mass is 79.9. The van der Waals surface area contributed by atoms with Crippen LogP contribution in [0.3, 0.4) is 0 Å². The second-order valence-corrected chi connectivity index (χ2v) is 5.91. The van der Waals surface area contributed by atoms with Crippen molar-refractivity contribution in [2.45, 2.75) is 0 Å². The van der Waals surface area contributed by atoms with Crippen molar-refractivity contribution < 1.29 is 23.8 Å². The highest BCUT2D eigenvalue weighted by Gasteiger charge is 2.08. The number of rotatable bonds is 7. The maximum Gasteiger partial charge on any atom is 0.337 e. The molecule has 26 heavy (non-hydrogen) atoms. The van der Waals surface area contributed by atoms with E-state index in [0.717, 1.165) is 4.47 Å². The molecule has 0 saturated heterocycles. The quantitative estimate of drug-likeness (QED) is 0.422. The van der Waals surface area contributed by atoms with Gasteiger partial charge in [0.05, 0.1) is 26.0 Å². The largest absolute Gasteiger partial charge is 0.493 e. The molecule has 0 saturated carbocycles. The summed E-state index contributed by atoms with van der Waals surface area (Å²) >= 11 is 3.33. The first kappa shape index (κ1) is 19.5. The molecule has 0 bridgehead atoms. The second-order valence-electron chi connectivity index (χ2n) is 4.99. The van der Waals surface area contributed by atoms with Crippen LogP contribution in [0.15, 0.2) is 52.0 Å². The smallest absolute Gasteiger partial charge is 0.337 e. The minimum Gasteiger partial charge on any atom is -0.493 e. The number of carbonyl (C=O) groups excluding carboxylic acids is 2. The summed E-state index contributed by atoms with van der Waals surface area (Å²) in [6.07, 6.45) is 1.46. The number of ether oxygens (including phenoxy) is 3. The van der Waals surface area contributed by atoms with E-state index in [2.05, 4.69) is 31.2 Å². The second kappa shape index (κ2) is 9.57. The molecule has 8 heteroatoms. The van der Waals surface area contributed by atoms with E-state index >= 15 is 0 Å². The van der Waals surface area contributed by atoms with Crippen molar-refractivity contribution in [3.8, 4) is 11.5 Å². The zero-order valence-electron chi connectivity index (χ0n) is 14.2. The average Bonchev–Trinajstić information content (AvgIpc) is 2.66. The van der Waals surface area contributed by atoms with Gasteiger partial charge in [0, 0.05) is 4.47 Å². The van der Waals surface area contributed by atoms with Gasteiger partial charge >= 0.3 is 5.97 Å². The van der Waals surface area contributed by atoms with Crippen molar-refractivity contribution in [2.24, 2.45) is 5.10 Å². The van der Waals surface area contributed by atoms with Crippen LogP contribution in [-0.4, -0.2) is 38.9 Å². The van der Waals surface area contributed by atoms with Gasteiger partial charge in [0.25, 0.3) is 5.91 Å². The topological polar surface area (TPSA) is 86.2 Å². The Morgan fingerprint density at radius 3 is 2.50 bits per heavy atom. The van der Waals surface area contributed by atoms with E-state index in [1.807, 2.05) is 0 Å². The Balaban J connectivity index is 1.85. The van der Waals surface area contributed by atoms with Crippen molar-refractivity contribution in [1.82, 2.24) is 5.43 Å². The van der Waals surface area contributed by atoms with Crippen LogP contribution in [0.4, 0.5) is 0 Å². The summed E-state index contributed by atoms with van der Waals surface area (Å²) in [5.74, 6) is 0.134. The molecular weight excluding hydrogens is 404 g/mol. The molecule has 0 heterocycles. The van der Waals surface area contributed by atoms with Crippen LogP contribution >= 0.6 is 15.9 Å². The number of methoxy groups -OCH3 is 2. The predicted octanol–water partition coefficient (Wildman–Crippen LogP) is 2.77. The SMILES string of the molecule is COC(=O)c1ccc(/C=N/NC(=O)COc2ccc(Br)cc2OC)cc1. The minimum absolute atomic E-state index is 0.212. The molecule has 0 unspecified atom stereocenters. The van der Waals surface area contributed by atoms with Gasteiger partial charge in [-0.15, -0.1) is 0 Å². The summed E-state index contributed by atoms with van der Waals surface area (Å²) in [4.78, 5) is 23.1. The lowest BCUT2D eigenvalue weighted by Gasteiger charge is -2.10.